The van der Waals surface area contributed by atoms with Crippen LogP contribution in [-0.4, -0.2) is 31.8 Å². The maximum Gasteiger partial charge on any atom is 0.305 e. The Morgan fingerprint density at radius 3 is 2.52 bits per heavy atom. The molecule has 0 heterocycles. The Bertz CT molecular complexity index is 982. The normalized spacial score (nSPS) is 11.7. The Labute approximate surface area is 180 Å². The van der Waals surface area contributed by atoms with Crippen LogP contribution >= 0.6 is 23.2 Å². The molecule has 0 unspecified atom stereocenters. The molecule has 0 aliphatic rings. The van der Waals surface area contributed by atoms with Crippen LogP contribution in [0.3, 0.4) is 0 Å². The Morgan fingerprint density at radius 1 is 1.17 bits per heavy atom. The molecular formula is C20H22Cl2FNO4S. The van der Waals surface area contributed by atoms with Gasteiger partial charge in [0.25, 0.3) is 0 Å². The lowest BCUT2D eigenvalue weighted by Gasteiger charge is -2.23. The van der Waals surface area contributed by atoms with E-state index >= 15 is 0 Å². The average molecular weight is 462 g/mol. The molecule has 0 saturated carbocycles. The molecule has 0 amide bonds. The Kier molecular flexibility index (Phi) is 8.46. The number of nitrogens with zero attached hydrogens (tertiary/aromatic N) is 1. The summed E-state index contributed by atoms with van der Waals surface area (Å²) in [5.41, 5.74) is 0.789. The lowest BCUT2D eigenvalue weighted by Crippen LogP contribution is -2.32. The summed E-state index contributed by atoms with van der Waals surface area (Å²) in [4.78, 5) is 11.6. The molecular weight excluding hydrogens is 440 g/mol. The van der Waals surface area contributed by atoms with E-state index in [2.05, 4.69) is 0 Å². The molecule has 0 aliphatic heterocycles. The van der Waals surface area contributed by atoms with E-state index in [1.165, 1.54) is 29.4 Å². The minimum Gasteiger partial charge on any atom is -0.466 e. The largest absolute Gasteiger partial charge is 0.466 e. The number of rotatable bonds is 9. The molecule has 0 radical (unpaired) electrons. The third kappa shape index (κ3) is 6.40. The van der Waals surface area contributed by atoms with Crippen LogP contribution in [0, 0.1) is 12.7 Å². The minimum atomic E-state index is -3.95. The van der Waals surface area contributed by atoms with Gasteiger partial charge in [-0.3, -0.25) is 4.79 Å². The fourth-order valence-corrected chi connectivity index (χ4v) is 4.69. The molecule has 2 rings (SSSR count). The number of hydrogen-bond acceptors (Lipinski definition) is 4. The number of halogens is 3. The molecule has 2 aromatic rings. The fourth-order valence-electron chi connectivity index (χ4n) is 2.68. The van der Waals surface area contributed by atoms with E-state index in [0.29, 0.717) is 15.6 Å². The summed E-state index contributed by atoms with van der Waals surface area (Å²) in [6, 6.07) is 8.42. The minimum absolute atomic E-state index is 0.0163. The zero-order valence-corrected chi connectivity index (χ0v) is 18.5. The van der Waals surface area contributed by atoms with Crippen LogP contribution < -0.4 is 0 Å². The predicted molar refractivity (Wildman–Crippen MR) is 111 cm³/mol. The highest BCUT2D eigenvalue weighted by molar-refractivity contribution is 7.89. The first kappa shape index (κ1) is 23.6. The molecule has 0 aromatic heterocycles. The summed E-state index contributed by atoms with van der Waals surface area (Å²) in [7, 11) is -3.95. The van der Waals surface area contributed by atoms with Crippen LogP contribution in [0.4, 0.5) is 4.39 Å². The first-order chi connectivity index (χ1) is 13.6. The summed E-state index contributed by atoms with van der Waals surface area (Å²) in [5.74, 6) is -0.884. The van der Waals surface area contributed by atoms with E-state index in [-0.39, 0.29) is 43.0 Å². The van der Waals surface area contributed by atoms with Crippen molar-refractivity contribution in [3.8, 4) is 0 Å². The molecule has 2 aromatic carbocycles. The summed E-state index contributed by atoms with van der Waals surface area (Å²) >= 11 is 12.1. The van der Waals surface area contributed by atoms with Crippen LogP contribution in [-0.2, 0) is 26.1 Å². The molecule has 0 aliphatic carbocycles. The van der Waals surface area contributed by atoms with Gasteiger partial charge in [-0.15, -0.1) is 0 Å². The zero-order chi connectivity index (χ0) is 21.6. The fraction of sp³-hybridized carbons (Fsp3) is 0.350. The summed E-state index contributed by atoms with van der Waals surface area (Å²) in [6.45, 7) is 3.51. The van der Waals surface area contributed by atoms with Crippen LogP contribution in [0.1, 0.15) is 30.9 Å². The number of benzene rings is 2. The third-order valence-electron chi connectivity index (χ3n) is 4.22. The van der Waals surface area contributed by atoms with Gasteiger partial charge in [0.05, 0.1) is 11.5 Å². The van der Waals surface area contributed by atoms with E-state index in [1.807, 2.05) is 0 Å². The lowest BCUT2D eigenvalue weighted by atomic mass is 10.2. The number of sulfonamides is 1. The van der Waals surface area contributed by atoms with Gasteiger partial charge < -0.3 is 4.74 Å². The van der Waals surface area contributed by atoms with E-state index in [0.717, 1.165) is 6.07 Å². The van der Waals surface area contributed by atoms with Crippen LogP contribution in [0.2, 0.25) is 10.0 Å². The summed E-state index contributed by atoms with van der Waals surface area (Å²) in [5, 5.41) is 0.767. The van der Waals surface area contributed by atoms with E-state index < -0.39 is 21.8 Å². The highest BCUT2D eigenvalue weighted by atomic mass is 35.5. The van der Waals surface area contributed by atoms with Crippen LogP contribution in [0.5, 0.6) is 0 Å². The first-order valence-corrected chi connectivity index (χ1v) is 11.2. The van der Waals surface area contributed by atoms with E-state index in [1.54, 1.807) is 19.1 Å². The molecule has 158 valence electrons. The number of esters is 1. The second kappa shape index (κ2) is 10.4. The highest BCUT2D eigenvalue weighted by Crippen LogP contribution is 2.26. The van der Waals surface area contributed by atoms with E-state index in [9.17, 15) is 17.6 Å². The zero-order valence-electron chi connectivity index (χ0n) is 16.1. The summed E-state index contributed by atoms with van der Waals surface area (Å²) < 4.78 is 46.1. The van der Waals surface area contributed by atoms with Crippen molar-refractivity contribution in [1.82, 2.24) is 4.31 Å². The second-order valence-corrected chi connectivity index (χ2v) is 9.18. The Morgan fingerprint density at radius 2 is 1.90 bits per heavy atom. The molecule has 0 atom stereocenters. The van der Waals surface area contributed by atoms with Gasteiger partial charge >= 0.3 is 5.97 Å². The Balaban J connectivity index is 2.31. The van der Waals surface area contributed by atoms with Crippen LogP contribution in [0.15, 0.2) is 41.3 Å². The number of aryl methyl sites for hydroxylation is 1. The monoisotopic (exact) mass is 461 g/mol. The summed E-state index contributed by atoms with van der Waals surface area (Å²) in [6.07, 6.45) is 0.347. The number of ether oxygens (including phenoxy) is 1. The van der Waals surface area contributed by atoms with Crippen molar-refractivity contribution in [1.29, 1.82) is 0 Å². The van der Waals surface area contributed by atoms with Crippen molar-refractivity contribution in [2.24, 2.45) is 0 Å². The molecule has 29 heavy (non-hydrogen) atoms. The maximum atomic E-state index is 13.6. The molecule has 5 nitrogen and oxygen atoms in total. The van der Waals surface area contributed by atoms with Gasteiger partial charge in [-0.2, -0.15) is 4.31 Å². The maximum absolute atomic E-state index is 13.6. The molecule has 0 bridgehead atoms. The second-order valence-electron chi connectivity index (χ2n) is 6.39. The van der Waals surface area contributed by atoms with Gasteiger partial charge in [-0.05, 0) is 61.7 Å². The molecule has 0 spiro atoms. The van der Waals surface area contributed by atoms with Gasteiger partial charge in [0, 0.05) is 29.6 Å². The predicted octanol–water partition coefficient (Wildman–Crippen LogP) is 4.98. The van der Waals surface area contributed by atoms with Gasteiger partial charge in [0.15, 0.2) is 0 Å². The quantitative estimate of drug-likeness (QED) is 0.494. The molecule has 0 fully saturated rings. The van der Waals surface area contributed by atoms with Gasteiger partial charge in [-0.1, -0.05) is 29.3 Å². The third-order valence-corrected chi connectivity index (χ3v) is 6.65. The Hall–Kier alpha value is -1.67. The standard InChI is InChI=1S/C20H22Cl2FNO4S/c1-3-28-20(25)5-4-10-24(13-15-6-7-16(21)12-18(15)22)29(26,27)17-8-9-19(23)14(2)11-17/h6-9,11-12H,3-5,10,13H2,1-2H3. The number of carbonyl (C=O) groups excluding carboxylic acids is 1. The van der Waals surface area contributed by atoms with Gasteiger partial charge in [-0.25, -0.2) is 12.8 Å². The first-order valence-electron chi connectivity index (χ1n) is 9.01. The smallest absolute Gasteiger partial charge is 0.305 e. The number of carbonyl (C=O) groups is 1. The van der Waals surface area contributed by atoms with Crippen molar-refractivity contribution in [3.63, 3.8) is 0 Å². The highest BCUT2D eigenvalue weighted by Gasteiger charge is 2.26. The van der Waals surface area contributed by atoms with Crippen molar-refractivity contribution in [2.45, 2.75) is 38.1 Å². The van der Waals surface area contributed by atoms with Gasteiger partial charge in [0.2, 0.25) is 10.0 Å². The van der Waals surface area contributed by atoms with E-state index in [4.69, 9.17) is 27.9 Å². The van der Waals surface area contributed by atoms with Crippen molar-refractivity contribution in [3.05, 3.63) is 63.4 Å². The topological polar surface area (TPSA) is 63.7 Å². The van der Waals surface area contributed by atoms with Gasteiger partial charge in [0.1, 0.15) is 5.82 Å². The van der Waals surface area contributed by atoms with Crippen molar-refractivity contribution in [2.75, 3.05) is 13.2 Å². The molecule has 0 saturated heterocycles. The number of hydrogen-bond donors (Lipinski definition) is 0. The average Bonchev–Trinajstić information content (AvgIpc) is 2.65. The van der Waals surface area contributed by atoms with Crippen LogP contribution in [0.25, 0.3) is 0 Å². The van der Waals surface area contributed by atoms with Crippen molar-refractivity contribution < 1.29 is 22.3 Å². The van der Waals surface area contributed by atoms with Crippen molar-refractivity contribution >= 4 is 39.2 Å². The lowest BCUT2D eigenvalue weighted by molar-refractivity contribution is -0.143. The molecule has 9 heteroatoms. The SMILES string of the molecule is CCOC(=O)CCCN(Cc1ccc(Cl)cc1Cl)S(=O)(=O)c1ccc(F)c(C)c1. The molecule has 0 N–H and O–H groups in total.